The van der Waals surface area contributed by atoms with E-state index in [0.29, 0.717) is 12.0 Å². The Bertz CT molecular complexity index is 464. The number of nitrogens with zero attached hydrogens (tertiary/aromatic N) is 3. The molecule has 122 valence electrons. The van der Waals surface area contributed by atoms with Crippen LogP contribution in [-0.4, -0.2) is 73.4 Å². The van der Waals surface area contributed by atoms with Crippen molar-refractivity contribution in [3.63, 3.8) is 0 Å². The molecule has 0 saturated carbocycles. The third-order valence-electron chi connectivity index (χ3n) is 5.26. The fourth-order valence-corrected chi connectivity index (χ4v) is 4.71. The summed E-state index contributed by atoms with van der Waals surface area (Å²) >= 11 is 1.76. The molecule has 0 spiro atoms. The SMILES string of the molecule is c1csc(CN2CC[C@@H]3[C@@H](CO[C@H]3CN3CCOCC3)C2)n1. The first-order valence-corrected chi connectivity index (χ1v) is 9.29. The second-order valence-corrected chi connectivity index (χ2v) is 7.64. The second-order valence-electron chi connectivity index (χ2n) is 6.66. The molecule has 3 atom stereocenters. The molecule has 3 saturated heterocycles. The molecule has 0 amide bonds. The van der Waals surface area contributed by atoms with Crippen LogP contribution in [0.2, 0.25) is 0 Å². The number of aromatic nitrogens is 1. The summed E-state index contributed by atoms with van der Waals surface area (Å²) in [7, 11) is 0. The number of morpholine rings is 1. The molecule has 4 heterocycles. The van der Waals surface area contributed by atoms with Gasteiger partial charge in [-0.25, -0.2) is 4.98 Å². The molecule has 3 fully saturated rings. The van der Waals surface area contributed by atoms with Crippen LogP contribution < -0.4 is 0 Å². The Morgan fingerprint density at radius 3 is 2.95 bits per heavy atom. The van der Waals surface area contributed by atoms with Gasteiger partial charge >= 0.3 is 0 Å². The molecule has 0 radical (unpaired) electrons. The van der Waals surface area contributed by atoms with E-state index in [-0.39, 0.29) is 0 Å². The Balaban J connectivity index is 1.30. The van der Waals surface area contributed by atoms with Gasteiger partial charge in [0.25, 0.3) is 0 Å². The highest BCUT2D eigenvalue weighted by molar-refractivity contribution is 7.09. The third kappa shape index (κ3) is 3.36. The molecular weight excluding hydrogens is 298 g/mol. The van der Waals surface area contributed by atoms with Gasteiger partial charge in [0, 0.05) is 43.7 Å². The van der Waals surface area contributed by atoms with Crippen molar-refractivity contribution in [1.29, 1.82) is 0 Å². The third-order valence-corrected chi connectivity index (χ3v) is 6.03. The zero-order valence-electron chi connectivity index (χ0n) is 13.0. The second kappa shape index (κ2) is 6.93. The molecule has 3 aliphatic rings. The van der Waals surface area contributed by atoms with Crippen LogP contribution in [-0.2, 0) is 16.0 Å². The molecule has 1 aromatic heterocycles. The van der Waals surface area contributed by atoms with Crippen molar-refractivity contribution in [3.8, 4) is 0 Å². The number of piperidine rings is 1. The minimum absolute atomic E-state index is 0.435. The largest absolute Gasteiger partial charge is 0.379 e. The predicted octanol–water partition coefficient (Wildman–Crippen LogP) is 1.31. The molecule has 0 aromatic carbocycles. The number of hydrogen-bond donors (Lipinski definition) is 0. The minimum Gasteiger partial charge on any atom is -0.379 e. The topological polar surface area (TPSA) is 37.8 Å². The molecule has 4 rings (SSSR count). The van der Waals surface area contributed by atoms with Gasteiger partial charge in [-0.1, -0.05) is 0 Å². The normalized spacial score (nSPS) is 33.9. The lowest BCUT2D eigenvalue weighted by atomic mass is 9.84. The summed E-state index contributed by atoms with van der Waals surface area (Å²) in [5.41, 5.74) is 0. The van der Waals surface area contributed by atoms with Crippen LogP contribution in [0, 0.1) is 11.8 Å². The van der Waals surface area contributed by atoms with E-state index >= 15 is 0 Å². The lowest BCUT2D eigenvalue weighted by molar-refractivity contribution is -0.00269. The number of thiazole rings is 1. The van der Waals surface area contributed by atoms with Crippen molar-refractivity contribution in [3.05, 3.63) is 16.6 Å². The summed E-state index contributed by atoms with van der Waals surface area (Å²) in [4.78, 5) is 9.48. The summed E-state index contributed by atoms with van der Waals surface area (Å²) in [6, 6.07) is 0. The van der Waals surface area contributed by atoms with Gasteiger partial charge in [-0.2, -0.15) is 0 Å². The molecule has 0 N–H and O–H groups in total. The summed E-state index contributed by atoms with van der Waals surface area (Å²) in [6.45, 7) is 9.28. The van der Waals surface area contributed by atoms with Crippen molar-refractivity contribution in [1.82, 2.24) is 14.8 Å². The maximum atomic E-state index is 6.16. The first-order valence-electron chi connectivity index (χ1n) is 8.41. The number of ether oxygens (including phenoxy) is 2. The minimum atomic E-state index is 0.435. The number of fused-ring (bicyclic) bond motifs is 1. The van der Waals surface area contributed by atoms with Gasteiger partial charge in [-0.15, -0.1) is 11.3 Å². The highest BCUT2D eigenvalue weighted by atomic mass is 32.1. The zero-order chi connectivity index (χ0) is 14.8. The van der Waals surface area contributed by atoms with E-state index in [9.17, 15) is 0 Å². The molecule has 3 aliphatic heterocycles. The average molecular weight is 323 g/mol. The molecule has 0 bridgehead atoms. The number of rotatable bonds is 4. The van der Waals surface area contributed by atoms with Gasteiger partial charge in [0.1, 0.15) is 5.01 Å². The van der Waals surface area contributed by atoms with E-state index in [1.807, 2.05) is 6.20 Å². The monoisotopic (exact) mass is 323 g/mol. The van der Waals surface area contributed by atoms with E-state index in [4.69, 9.17) is 9.47 Å². The van der Waals surface area contributed by atoms with Gasteiger partial charge in [-0.3, -0.25) is 9.80 Å². The van der Waals surface area contributed by atoms with Gasteiger partial charge < -0.3 is 9.47 Å². The highest BCUT2D eigenvalue weighted by Crippen LogP contribution is 2.35. The molecule has 6 heteroatoms. The fourth-order valence-electron chi connectivity index (χ4n) is 4.05. The lowest BCUT2D eigenvalue weighted by Crippen LogP contribution is -2.45. The Kier molecular flexibility index (Phi) is 4.73. The Hall–Kier alpha value is -0.530. The van der Waals surface area contributed by atoms with E-state index in [1.165, 1.54) is 24.5 Å². The number of hydrogen-bond acceptors (Lipinski definition) is 6. The molecule has 0 unspecified atom stereocenters. The first kappa shape index (κ1) is 15.0. The van der Waals surface area contributed by atoms with E-state index in [2.05, 4.69) is 20.2 Å². The highest BCUT2D eigenvalue weighted by Gasteiger charge is 2.41. The average Bonchev–Trinajstić information content (AvgIpc) is 3.19. The van der Waals surface area contributed by atoms with E-state index in [0.717, 1.165) is 51.9 Å². The van der Waals surface area contributed by atoms with Crippen LogP contribution in [0.3, 0.4) is 0 Å². The number of likely N-dealkylation sites (tertiary alicyclic amines) is 1. The van der Waals surface area contributed by atoms with Crippen LogP contribution in [0.15, 0.2) is 11.6 Å². The van der Waals surface area contributed by atoms with Gasteiger partial charge in [-0.05, 0) is 18.9 Å². The first-order chi connectivity index (χ1) is 10.9. The van der Waals surface area contributed by atoms with Crippen LogP contribution in [0.1, 0.15) is 11.4 Å². The van der Waals surface area contributed by atoms with Gasteiger partial charge in [0.05, 0.1) is 32.5 Å². The van der Waals surface area contributed by atoms with Gasteiger partial charge in [0.2, 0.25) is 0 Å². The maximum absolute atomic E-state index is 6.16. The van der Waals surface area contributed by atoms with Crippen molar-refractivity contribution in [2.75, 3.05) is 52.5 Å². The van der Waals surface area contributed by atoms with E-state index < -0.39 is 0 Å². The van der Waals surface area contributed by atoms with Crippen LogP contribution in [0.5, 0.6) is 0 Å². The quantitative estimate of drug-likeness (QED) is 0.835. The molecule has 5 nitrogen and oxygen atoms in total. The lowest BCUT2D eigenvalue weighted by Gasteiger charge is -2.36. The summed E-state index contributed by atoms with van der Waals surface area (Å²) in [5.74, 6) is 1.45. The molecular formula is C16H25N3O2S. The smallest absolute Gasteiger partial charge is 0.107 e. The van der Waals surface area contributed by atoms with Crippen LogP contribution in [0.25, 0.3) is 0 Å². The van der Waals surface area contributed by atoms with Gasteiger partial charge in [0.15, 0.2) is 0 Å². The van der Waals surface area contributed by atoms with Crippen LogP contribution in [0.4, 0.5) is 0 Å². The van der Waals surface area contributed by atoms with Crippen LogP contribution >= 0.6 is 11.3 Å². The summed E-state index contributed by atoms with van der Waals surface area (Å²) in [5, 5.41) is 3.31. The molecule has 0 aliphatic carbocycles. The Morgan fingerprint density at radius 2 is 2.14 bits per heavy atom. The van der Waals surface area contributed by atoms with Crippen molar-refractivity contribution < 1.29 is 9.47 Å². The standard InChI is InChI=1S/C16H25N3O2S/c1-3-19(11-16-17-2-8-22-16)9-13-12-21-15(14(1)13)10-18-4-6-20-7-5-18/h2,8,13-15H,1,3-7,9-12H2/t13-,14-,15+/m1/s1. The van der Waals surface area contributed by atoms with E-state index in [1.54, 1.807) is 11.3 Å². The zero-order valence-corrected chi connectivity index (χ0v) is 13.8. The predicted molar refractivity (Wildman–Crippen MR) is 86.0 cm³/mol. The summed E-state index contributed by atoms with van der Waals surface area (Å²) in [6.07, 6.45) is 3.61. The molecule has 1 aromatic rings. The Labute approximate surface area is 136 Å². The Morgan fingerprint density at radius 1 is 1.23 bits per heavy atom. The maximum Gasteiger partial charge on any atom is 0.107 e. The fraction of sp³-hybridized carbons (Fsp3) is 0.812. The summed E-state index contributed by atoms with van der Waals surface area (Å²) < 4.78 is 11.6. The van der Waals surface area contributed by atoms with Crippen molar-refractivity contribution in [2.24, 2.45) is 11.8 Å². The van der Waals surface area contributed by atoms with Crippen molar-refractivity contribution >= 4 is 11.3 Å². The van der Waals surface area contributed by atoms with Crippen molar-refractivity contribution in [2.45, 2.75) is 19.1 Å². The molecule has 22 heavy (non-hydrogen) atoms.